The van der Waals surface area contributed by atoms with Crippen LogP contribution in [0.5, 0.6) is 0 Å². The number of carboxylic acids is 1. The Balaban J connectivity index is 2.64. The third-order valence-corrected chi connectivity index (χ3v) is 4.64. The third kappa shape index (κ3) is 3.17. The fourth-order valence-corrected chi connectivity index (χ4v) is 3.55. The summed E-state index contributed by atoms with van der Waals surface area (Å²) < 4.78 is 24.8. The van der Waals surface area contributed by atoms with Crippen LogP contribution >= 0.6 is 0 Å². The zero-order chi connectivity index (χ0) is 11.6. The van der Waals surface area contributed by atoms with Crippen LogP contribution in [0.1, 0.15) is 20.3 Å². The molecule has 1 aliphatic heterocycles. The number of rotatable bonds is 4. The van der Waals surface area contributed by atoms with Crippen LogP contribution in [0.2, 0.25) is 0 Å². The Morgan fingerprint density at radius 1 is 1.53 bits per heavy atom. The first kappa shape index (κ1) is 12.4. The summed E-state index contributed by atoms with van der Waals surface area (Å²) in [6.07, 6.45) is 0.423. The Hall–Kier alpha value is -0.620. The van der Waals surface area contributed by atoms with Crippen LogP contribution in [0.15, 0.2) is 0 Å². The lowest BCUT2D eigenvalue weighted by atomic mass is 10.1. The molecule has 1 atom stereocenters. The van der Waals surface area contributed by atoms with Crippen molar-refractivity contribution in [2.24, 2.45) is 11.8 Å². The maximum atomic E-state index is 11.7. The van der Waals surface area contributed by atoms with E-state index in [0.717, 1.165) is 0 Å². The number of hydrogen-bond donors (Lipinski definition) is 1. The zero-order valence-electron chi connectivity index (χ0n) is 9.01. The van der Waals surface area contributed by atoms with Gasteiger partial charge in [0.05, 0.1) is 11.7 Å². The SMILES string of the molecule is CC(C)CS(=O)(=O)N1CCC(C(=O)O)C1. The molecule has 1 fully saturated rings. The lowest BCUT2D eigenvalue weighted by molar-refractivity contribution is -0.141. The molecule has 1 rings (SSSR count). The molecule has 5 nitrogen and oxygen atoms in total. The summed E-state index contributed by atoms with van der Waals surface area (Å²) in [4.78, 5) is 10.7. The van der Waals surface area contributed by atoms with Gasteiger partial charge in [0.2, 0.25) is 10.0 Å². The summed E-state index contributed by atoms with van der Waals surface area (Å²) in [5.41, 5.74) is 0. The second-order valence-electron chi connectivity index (χ2n) is 4.35. The monoisotopic (exact) mass is 235 g/mol. The first-order chi connectivity index (χ1) is 6.83. The second kappa shape index (κ2) is 4.49. The molecule has 88 valence electrons. The van der Waals surface area contributed by atoms with Gasteiger partial charge in [-0.2, -0.15) is 0 Å². The summed E-state index contributed by atoms with van der Waals surface area (Å²) in [6, 6.07) is 0. The molecule has 0 aromatic rings. The van der Waals surface area contributed by atoms with Crippen LogP contribution in [0.3, 0.4) is 0 Å². The van der Waals surface area contributed by atoms with Crippen molar-refractivity contribution < 1.29 is 18.3 Å². The molecular formula is C9H17NO4S. The summed E-state index contributed by atoms with van der Waals surface area (Å²) in [5, 5.41) is 8.76. The predicted molar refractivity (Wildman–Crippen MR) is 55.9 cm³/mol. The summed E-state index contributed by atoms with van der Waals surface area (Å²) in [7, 11) is -3.26. The topological polar surface area (TPSA) is 74.7 Å². The van der Waals surface area contributed by atoms with E-state index in [1.807, 2.05) is 13.8 Å². The van der Waals surface area contributed by atoms with Crippen LogP contribution in [-0.2, 0) is 14.8 Å². The van der Waals surface area contributed by atoms with Crippen molar-refractivity contribution in [3.05, 3.63) is 0 Å². The first-order valence-electron chi connectivity index (χ1n) is 5.03. The number of carbonyl (C=O) groups is 1. The van der Waals surface area contributed by atoms with Gasteiger partial charge in [-0.25, -0.2) is 12.7 Å². The normalized spacial score (nSPS) is 23.5. The number of carboxylic acid groups (broad SMARTS) is 1. The van der Waals surface area contributed by atoms with E-state index in [2.05, 4.69) is 0 Å². The first-order valence-corrected chi connectivity index (χ1v) is 6.64. The lowest BCUT2D eigenvalue weighted by Gasteiger charge is -2.17. The summed E-state index contributed by atoms with van der Waals surface area (Å²) in [5.74, 6) is -1.28. The molecule has 1 N–H and O–H groups in total. The number of nitrogens with zero attached hydrogens (tertiary/aromatic N) is 1. The molecule has 6 heteroatoms. The van der Waals surface area contributed by atoms with E-state index in [0.29, 0.717) is 13.0 Å². The van der Waals surface area contributed by atoms with Gasteiger partial charge >= 0.3 is 5.97 Å². The average Bonchev–Trinajstić information content (AvgIpc) is 2.48. The van der Waals surface area contributed by atoms with Gasteiger partial charge in [-0.1, -0.05) is 13.8 Å². The third-order valence-electron chi connectivity index (χ3n) is 2.44. The molecule has 0 bridgehead atoms. The molecule has 1 saturated heterocycles. The Bertz CT molecular complexity index is 336. The van der Waals surface area contributed by atoms with Gasteiger partial charge in [0.15, 0.2) is 0 Å². The van der Waals surface area contributed by atoms with E-state index in [9.17, 15) is 13.2 Å². The van der Waals surface area contributed by atoms with Crippen molar-refractivity contribution >= 4 is 16.0 Å². The Morgan fingerprint density at radius 2 is 2.13 bits per heavy atom. The fourth-order valence-electron chi connectivity index (χ4n) is 1.71. The molecule has 0 spiro atoms. The van der Waals surface area contributed by atoms with E-state index >= 15 is 0 Å². The van der Waals surface area contributed by atoms with Crippen molar-refractivity contribution in [3.8, 4) is 0 Å². The van der Waals surface area contributed by atoms with E-state index < -0.39 is 21.9 Å². The number of aliphatic carboxylic acids is 1. The summed E-state index contributed by atoms with van der Waals surface area (Å²) in [6.45, 7) is 4.14. The maximum Gasteiger partial charge on any atom is 0.307 e. The number of sulfonamides is 1. The smallest absolute Gasteiger partial charge is 0.307 e. The lowest BCUT2D eigenvalue weighted by Crippen LogP contribution is -2.33. The van der Waals surface area contributed by atoms with E-state index in [-0.39, 0.29) is 18.2 Å². The Labute approximate surface area is 90.1 Å². The zero-order valence-corrected chi connectivity index (χ0v) is 9.83. The van der Waals surface area contributed by atoms with Crippen LogP contribution in [0.4, 0.5) is 0 Å². The van der Waals surface area contributed by atoms with E-state index in [1.54, 1.807) is 0 Å². The van der Waals surface area contributed by atoms with Gasteiger partial charge in [0.25, 0.3) is 0 Å². The molecule has 0 radical (unpaired) electrons. The quantitative estimate of drug-likeness (QED) is 0.764. The van der Waals surface area contributed by atoms with Crippen molar-refractivity contribution in [1.82, 2.24) is 4.31 Å². The maximum absolute atomic E-state index is 11.7. The summed E-state index contributed by atoms with van der Waals surface area (Å²) >= 11 is 0. The minimum absolute atomic E-state index is 0.0684. The van der Waals surface area contributed by atoms with Crippen LogP contribution in [-0.4, -0.2) is 42.6 Å². The van der Waals surface area contributed by atoms with Crippen LogP contribution in [0.25, 0.3) is 0 Å². The van der Waals surface area contributed by atoms with Crippen molar-refractivity contribution in [2.75, 3.05) is 18.8 Å². The van der Waals surface area contributed by atoms with Crippen LogP contribution in [0, 0.1) is 11.8 Å². The molecule has 0 aromatic heterocycles. The highest BCUT2D eigenvalue weighted by Crippen LogP contribution is 2.20. The van der Waals surface area contributed by atoms with E-state index in [1.165, 1.54) is 4.31 Å². The van der Waals surface area contributed by atoms with Crippen molar-refractivity contribution in [2.45, 2.75) is 20.3 Å². The molecule has 0 amide bonds. The Morgan fingerprint density at radius 3 is 2.53 bits per heavy atom. The standard InChI is InChI=1S/C9H17NO4S/c1-7(2)6-15(13,14)10-4-3-8(5-10)9(11)12/h7-8H,3-6H2,1-2H3,(H,11,12). The van der Waals surface area contributed by atoms with Gasteiger partial charge < -0.3 is 5.11 Å². The molecule has 1 aliphatic rings. The van der Waals surface area contributed by atoms with Gasteiger partial charge in [-0.3, -0.25) is 4.79 Å². The second-order valence-corrected chi connectivity index (χ2v) is 6.37. The highest BCUT2D eigenvalue weighted by molar-refractivity contribution is 7.89. The minimum atomic E-state index is -3.26. The molecular weight excluding hydrogens is 218 g/mol. The Kier molecular flexibility index (Phi) is 3.72. The van der Waals surface area contributed by atoms with Crippen molar-refractivity contribution in [3.63, 3.8) is 0 Å². The van der Waals surface area contributed by atoms with Crippen molar-refractivity contribution in [1.29, 1.82) is 0 Å². The van der Waals surface area contributed by atoms with Gasteiger partial charge in [0.1, 0.15) is 0 Å². The molecule has 1 heterocycles. The minimum Gasteiger partial charge on any atom is -0.481 e. The molecule has 0 aliphatic carbocycles. The molecule has 15 heavy (non-hydrogen) atoms. The van der Waals surface area contributed by atoms with E-state index in [4.69, 9.17) is 5.11 Å². The largest absolute Gasteiger partial charge is 0.481 e. The highest BCUT2D eigenvalue weighted by Gasteiger charge is 2.34. The highest BCUT2D eigenvalue weighted by atomic mass is 32.2. The molecule has 0 saturated carbocycles. The number of hydrogen-bond acceptors (Lipinski definition) is 3. The van der Waals surface area contributed by atoms with Gasteiger partial charge in [-0.15, -0.1) is 0 Å². The molecule has 1 unspecified atom stereocenters. The fraction of sp³-hybridized carbons (Fsp3) is 0.889. The average molecular weight is 235 g/mol. The predicted octanol–water partition coefficient (Wildman–Crippen LogP) is 0.379. The van der Waals surface area contributed by atoms with Gasteiger partial charge in [0, 0.05) is 13.1 Å². The molecule has 0 aromatic carbocycles. The van der Waals surface area contributed by atoms with Crippen LogP contribution < -0.4 is 0 Å². The van der Waals surface area contributed by atoms with Gasteiger partial charge in [-0.05, 0) is 12.3 Å².